The van der Waals surface area contributed by atoms with E-state index >= 15 is 0 Å². The third-order valence-corrected chi connectivity index (χ3v) is 3.38. The molecule has 0 aromatic carbocycles. The molecule has 1 aliphatic heterocycles. The van der Waals surface area contributed by atoms with Crippen molar-refractivity contribution in [1.82, 2.24) is 19.8 Å². The van der Waals surface area contributed by atoms with Crippen LogP contribution in [-0.2, 0) is 0 Å². The molecule has 2 rings (SSSR count). The Bertz CT molecular complexity index is 426. The molecule has 0 spiro atoms. The van der Waals surface area contributed by atoms with Gasteiger partial charge in [-0.2, -0.15) is 0 Å². The van der Waals surface area contributed by atoms with E-state index in [4.69, 9.17) is 0 Å². The molecule has 1 saturated heterocycles. The molecule has 0 atom stereocenters. The highest BCUT2D eigenvalue weighted by Gasteiger charge is 2.18. The number of carbonyl (C=O) groups excluding carboxylic acids is 1. The van der Waals surface area contributed by atoms with Gasteiger partial charge >= 0.3 is 0 Å². The van der Waals surface area contributed by atoms with Crippen molar-refractivity contribution < 1.29 is 4.79 Å². The summed E-state index contributed by atoms with van der Waals surface area (Å²) in [5, 5.41) is 3.13. The standard InChI is InChI=1S/C14H23N5O/c1-18(2)9-6-15-14-16-10-12(11-17-14)13(20)19-7-4-3-5-8-19/h10-11H,3-9H2,1-2H3,(H,15,16,17). The normalized spacial score (nSPS) is 15.4. The third-order valence-electron chi connectivity index (χ3n) is 3.38. The van der Waals surface area contributed by atoms with Crippen LogP contribution < -0.4 is 5.32 Å². The van der Waals surface area contributed by atoms with Gasteiger partial charge in [-0.1, -0.05) is 0 Å². The Morgan fingerprint density at radius 1 is 1.25 bits per heavy atom. The second-order valence-corrected chi connectivity index (χ2v) is 5.38. The van der Waals surface area contributed by atoms with E-state index in [1.807, 2.05) is 19.0 Å². The van der Waals surface area contributed by atoms with E-state index in [2.05, 4.69) is 20.2 Å². The zero-order valence-corrected chi connectivity index (χ0v) is 12.3. The Hall–Kier alpha value is -1.69. The summed E-state index contributed by atoms with van der Waals surface area (Å²) in [6.07, 6.45) is 6.63. The maximum Gasteiger partial charge on any atom is 0.256 e. The zero-order valence-electron chi connectivity index (χ0n) is 12.3. The average molecular weight is 277 g/mol. The molecular weight excluding hydrogens is 254 g/mol. The van der Waals surface area contributed by atoms with Crippen LogP contribution >= 0.6 is 0 Å². The number of anilines is 1. The highest BCUT2D eigenvalue weighted by molar-refractivity contribution is 5.93. The summed E-state index contributed by atoms with van der Waals surface area (Å²) in [7, 11) is 4.03. The molecule has 1 fully saturated rings. The number of carbonyl (C=O) groups is 1. The van der Waals surface area contributed by atoms with Crippen LogP contribution in [0.1, 0.15) is 29.6 Å². The molecule has 110 valence electrons. The van der Waals surface area contributed by atoms with Crippen LogP contribution in [0, 0.1) is 0 Å². The predicted octanol–water partition coefficient (Wildman–Crippen LogP) is 1.08. The summed E-state index contributed by atoms with van der Waals surface area (Å²) in [6, 6.07) is 0. The molecule has 1 aromatic heterocycles. The smallest absolute Gasteiger partial charge is 0.256 e. The van der Waals surface area contributed by atoms with Gasteiger partial charge in [0.1, 0.15) is 0 Å². The lowest BCUT2D eigenvalue weighted by Crippen LogP contribution is -2.35. The van der Waals surface area contributed by atoms with Crippen molar-refractivity contribution in [1.29, 1.82) is 0 Å². The van der Waals surface area contributed by atoms with Crippen molar-refractivity contribution in [2.24, 2.45) is 0 Å². The molecule has 0 radical (unpaired) electrons. The molecule has 0 bridgehead atoms. The average Bonchev–Trinajstić information content (AvgIpc) is 2.48. The van der Waals surface area contributed by atoms with Crippen LogP contribution in [-0.4, -0.2) is 65.9 Å². The minimum Gasteiger partial charge on any atom is -0.353 e. The molecule has 6 nitrogen and oxygen atoms in total. The van der Waals surface area contributed by atoms with Gasteiger partial charge in [-0.3, -0.25) is 4.79 Å². The summed E-state index contributed by atoms with van der Waals surface area (Å²) in [5.41, 5.74) is 0.574. The molecular formula is C14H23N5O. The quantitative estimate of drug-likeness (QED) is 0.872. The fraction of sp³-hybridized carbons (Fsp3) is 0.643. The van der Waals surface area contributed by atoms with E-state index in [0.29, 0.717) is 11.5 Å². The van der Waals surface area contributed by atoms with E-state index in [9.17, 15) is 4.79 Å². The molecule has 0 saturated carbocycles. The van der Waals surface area contributed by atoms with Gasteiger partial charge in [0, 0.05) is 38.6 Å². The molecule has 1 aliphatic rings. The Balaban J connectivity index is 1.88. The van der Waals surface area contributed by atoms with E-state index in [0.717, 1.165) is 39.0 Å². The second-order valence-electron chi connectivity index (χ2n) is 5.38. The largest absolute Gasteiger partial charge is 0.353 e. The van der Waals surface area contributed by atoms with Crippen molar-refractivity contribution in [2.45, 2.75) is 19.3 Å². The number of nitrogens with zero attached hydrogens (tertiary/aromatic N) is 4. The van der Waals surface area contributed by atoms with E-state index in [1.165, 1.54) is 6.42 Å². The topological polar surface area (TPSA) is 61.4 Å². The zero-order chi connectivity index (χ0) is 14.4. The number of nitrogens with one attached hydrogen (secondary N) is 1. The minimum absolute atomic E-state index is 0.0459. The highest BCUT2D eigenvalue weighted by Crippen LogP contribution is 2.12. The Morgan fingerprint density at radius 2 is 1.90 bits per heavy atom. The van der Waals surface area contributed by atoms with Gasteiger partial charge in [-0.05, 0) is 33.4 Å². The number of amides is 1. The van der Waals surface area contributed by atoms with E-state index in [-0.39, 0.29) is 5.91 Å². The molecule has 0 aliphatic carbocycles. The van der Waals surface area contributed by atoms with Gasteiger partial charge < -0.3 is 15.1 Å². The molecule has 1 N–H and O–H groups in total. The number of rotatable bonds is 5. The van der Waals surface area contributed by atoms with Gasteiger partial charge in [0.05, 0.1) is 5.56 Å². The van der Waals surface area contributed by atoms with Crippen LogP contribution in [0.15, 0.2) is 12.4 Å². The fourth-order valence-electron chi connectivity index (χ4n) is 2.20. The number of aromatic nitrogens is 2. The molecule has 20 heavy (non-hydrogen) atoms. The summed E-state index contributed by atoms with van der Waals surface area (Å²) < 4.78 is 0. The van der Waals surface area contributed by atoms with Crippen LogP contribution in [0.5, 0.6) is 0 Å². The first kappa shape index (κ1) is 14.7. The monoisotopic (exact) mass is 277 g/mol. The first-order valence-electron chi connectivity index (χ1n) is 7.17. The highest BCUT2D eigenvalue weighted by atomic mass is 16.2. The summed E-state index contributed by atoms with van der Waals surface area (Å²) >= 11 is 0. The lowest BCUT2D eigenvalue weighted by Gasteiger charge is -2.26. The van der Waals surface area contributed by atoms with Gasteiger partial charge in [0.15, 0.2) is 0 Å². The second kappa shape index (κ2) is 7.19. The lowest BCUT2D eigenvalue weighted by atomic mass is 10.1. The van der Waals surface area contributed by atoms with Crippen molar-refractivity contribution >= 4 is 11.9 Å². The fourth-order valence-corrected chi connectivity index (χ4v) is 2.20. The number of hydrogen-bond donors (Lipinski definition) is 1. The summed E-state index contributed by atoms with van der Waals surface area (Å²) in [6.45, 7) is 3.40. The summed E-state index contributed by atoms with van der Waals surface area (Å²) in [4.78, 5) is 24.6. The first-order chi connectivity index (χ1) is 9.66. The van der Waals surface area contributed by atoms with Crippen LogP contribution in [0.3, 0.4) is 0 Å². The Labute approximate surface area is 120 Å². The van der Waals surface area contributed by atoms with Gasteiger partial charge in [-0.15, -0.1) is 0 Å². The van der Waals surface area contributed by atoms with Gasteiger partial charge in [-0.25, -0.2) is 9.97 Å². The van der Waals surface area contributed by atoms with Crippen LogP contribution in [0.25, 0.3) is 0 Å². The minimum atomic E-state index is 0.0459. The van der Waals surface area contributed by atoms with Crippen LogP contribution in [0.2, 0.25) is 0 Å². The molecule has 0 unspecified atom stereocenters. The number of likely N-dealkylation sites (N-methyl/N-ethyl adjacent to an activating group) is 1. The Morgan fingerprint density at radius 3 is 2.50 bits per heavy atom. The van der Waals surface area contributed by atoms with Crippen molar-refractivity contribution in [3.8, 4) is 0 Å². The maximum atomic E-state index is 12.2. The molecule has 6 heteroatoms. The van der Waals surface area contributed by atoms with Crippen molar-refractivity contribution in [2.75, 3.05) is 45.6 Å². The van der Waals surface area contributed by atoms with Crippen molar-refractivity contribution in [3.05, 3.63) is 18.0 Å². The Kier molecular flexibility index (Phi) is 5.29. The van der Waals surface area contributed by atoms with E-state index < -0.39 is 0 Å². The number of piperidine rings is 1. The lowest BCUT2D eigenvalue weighted by molar-refractivity contribution is 0.0723. The predicted molar refractivity (Wildman–Crippen MR) is 78.8 cm³/mol. The van der Waals surface area contributed by atoms with Gasteiger partial charge in [0.2, 0.25) is 5.95 Å². The number of hydrogen-bond acceptors (Lipinski definition) is 5. The van der Waals surface area contributed by atoms with Gasteiger partial charge in [0.25, 0.3) is 5.91 Å². The molecule has 1 amide bonds. The maximum absolute atomic E-state index is 12.2. The SMILES string of the molecule is CN(C)CCNc1ncc(C(=O)N2CCCCC2)cn1. The molecule has 1 aromatic rings. The molecule has 2 heterocycles. The van der Waals surface area contributed by atoms with E-state index in [1.54, 1.807) is 12.4 Å². The first-order valence-corrected chi connectivity index (χ1v) is 7.17. The van der Waals surface area contributed by atoms with Crippen molar-refractivity contribution in [3.63, 3.8) is 0 Å². The van der Waals surface area contributed by atoms with Crippen LogP contribution in [0.4, 0.5) is 5.95 Å². The summed E-state index contributed by atoms with van der Waals surface area (Å²) in [5.74, 6) is 0.617. The third kappa shape index (κ3) is 4.16. The number of likely N-dealkylation sites (tertiary alicyclic amines) is 1.